The van der Waals surface area contributed by atoms with Gasteiger partial charge in [-0.05, 0) is 5.56 Å². The number of carbonyl (C=O) groups excluding carboxylic acids is 1. The molecule has 1 heterocycles. The van der Waals surface area contributed by atoms with E-state index in [4.69, 9.17) is 9.84 Å². The van der Waals surface area contributed by atoms with Crippen LogP contribution in [0.4, 0.5) is 0 Å². The SMILES string of the molecule is O=C(OCc1ccccc1)C1N[C@H](C(=O)O)CS1. The molecule has 0 amide bonds. The molecule has 1 saturated heterocycles. The third-order valence-electron chi connectivity index (χ3n) is 2.52. The third kappa shape index (κ3) is 3.24. The zero-order valence-corrected chi connectivity index (χ0v) is 10.4. The van der Waals surface area contributed by atoms with Crippen LogP contribution < -0.4 is 5.32 Å². The smallest absolute Gasteiger partial charge is 0.333 e. The van der Waals surface area contributed by atoms with Crippen LogP contribution in [0.2, 0.25) is 0 Å². The van der Waals surface area contributed by atoms with E-state index in [1.54, 1.807) is 0 Å². The number of carboxylic acid groups (broad SMARTS) is 1. The number of benzene rings is 1. The molecule has 0 aliphatic carbocycles. The molecule has 1 aromatic rings. The van der Waals surface area contributed by atoms with Crippen molar-refractivity contribution in [2.24, 2.45) is 0 Å². The molecule has 2 rings (SSSR count). The van der Waals surface area contributed by atoms with Crippen molar-refractivity contribution < 1.29 is 19.4 Å². The van der Waals surface area contributed by atoms with Crippen molar-refractivity contribution in [3.63, 3.8) is 0 Å². The van der Waals surface area contributed by atoms with Gasteiger partial charge in [0.15, 0.2) is 5.37 Å². The highest BCUT2D eigenvalue weighted by atomic mass is 32.2. The van der Waals surface area contributed by atoms with Gasteiger partial charge in [-0.3, -0.25) is 10.1 Å². The largest absolute Gasteiger partial charge is 0.480 e. The number of aliphatic carboxylic acids is 1. The van der Waals surface area contributed by atoms with Crippen molar-refractivity contribution in [1.82, 2.24) is 5.32 Å². The van der Waals surface area contributed by atoms with Crippen LogP contribution in [0.5, 0.6) is 0 Å². The summed E-state index contributed by atoms with van der Waals surface area (Å²) in [5.74, 6) is -0.992. The Kier molecular flexibility index (Phi) is 4.22. The van der Waals surface area contributed by atoms with Crippen LogP contribution in [-0.4, -0.2) is 34.2 Å². The molecule has 1 unspecified atom stereocenters. The van der Waals surface area contributed by atoms with Crippen molar-refractivity contribution in [1.29, 1.82) is 0 Å². The Balaban J connectivity index is 1.81. The van der Waals surface area contributed by atoms with Gasteiger partial charge in [-0.15, -0.1) is 11.8 Å². The first kappa shape index (κ1) is 12.9. The highest BCUT2D eigenvalue weighted by Crippen LogP contribution is 2.20. The van der Waals surface area contributed by atoms with Crippen LogP contribution in [0.3, 0.4) is 0 Å². The number of thioether (sulfide) groups is 1. The summed E-state index contributed by atoms with van der Waals surface area (Å²) in [5.41, 5.74) is 0.906. The number of nitrogens with one attached hydrogen (secondary N) is 1. The van der Waals surface area contributed by atoms with E-state index < -0.39 is 23.4 Å². The van der Waals surface area contributed by atoms with Gasteiger partial charge in [-0.2, -0.15) is 0 Å². The second kappa shape index (κ2) is 5.88. The maximum atomic E-state index is 11.7. The molecule has 6 heteroatoms. The lowest BCUT2D eigenvalue weighted by molar-refractivity contribution is -0.145. The number of hydrogen-bond donors (Lipinski definition) is 2. The van der Waals surface area contributed by atoms with Crippen LogP contribution in [0.15, 0.2) is 30.3 Å². The molecule has 0 aromatic heterocycles. The summed E-state index contributed by atoms with van der Waals surface area (Å²) in [7, 11) is 0. The average molecular weight is 267 g/mol. The monoisotopic (exact) mass is 267 g/mol. The minimum Gasteiger partial charge on any atom is -0.480 e. The van der Waals surface area contributed by atoms with Crippen molar-refractivity contribution in [3.8, 4) is 0 Å². The molecule has 1 aromatic carbocycles. The first-order valence-electron chi connectivity index (χ1n) is 5.48. The molecule has 0 bridgehead atoms. The Morgan fingerprint density at radius 3 is 2.72 bits per heavy atom. The predicted octanol–water partition coefficient (Wildman–Crippen LogP) is 0.845. The molecule has 5 nitrogen and oxygen atoms in total. The lowest BCUT2D eigenvalue weighted by atomic mass is 10.2. The van der Waals surface area contributed by atoms with E-state index in [9.17, 15) is 9.59 Å². The number of rotatable bonds is 4. The van der Waals surface area contributed by atoms with E-state index in [1.165, 1.54) is 11.8 Å². The zero-order chi connectivity index (χ0) is 13.0. The topological polar surface area (TPSA) is 75.6 Å². The summed E-state index contributed by atoms with van der Waals surface area (Å²) in [6.45, 7) is 0.205. The molecule has 1 fully saturated rings. The van der Waals surface area contributed by atoms with E-state index >= 15 is 0 Å². The number of carboxylic acids is 1. The fraction of sp³-hybridized carbons (Fsp3) is 0.333. The molecule has 2 N–H and O–H groups in total. The molecule has 0 spiro atoms. The second-order valence-electron chi connectivity index (χ2n) is 3.86. The Morgan fingerprint density at radius 1 is 1.39 bits per heavy atom. The molecular formula is C12H13NO4S. The van der Waals surface area contributed by atoms with E-state index in [0.29, 0.717) is 5.75 Å². The summed E-state index contributed by atoms with van der Waals surface area (Å²) in [6, 6.07) is 8.67. The van der Waals surface area contributed by atoms with Gasteiger partial charge in [-0.1, -0.05) is 30.3 Å². The van der Waals surface area contributed by atoms with Crippen molar-refractivity contribution in [3.05, 3.63) is 35.9 Å². The normalized spacial score (nSPS) is 22.7. The van der Waals surface area contributed by atoms with Gasteiger partial charge >= 0.3 is 11.9 Å². The first-order chi connectivity index (χ1) is 8.66. The fourth-order valence-electron chi connectivity index (χ4n) is 1.55. The fourth-order valence-corrected chi connectivity index (χ4v) is 2.64. The van der Waals surface area contributed by atoms with E-state index in [2.05, 4.69) is 5.32 Å². The van der Waals surface area contributed by atoms with Crippen molar-refractivity contribution >= 4 is 23.7 Å². The quantitative estimate of drug-likeness (QED) is 0.788. The van der Waals surface area contributed by atoms with E-state index in [-0.39, 0.29) is 6.61 Å². The van der Waals surface area contributed by atoms with Gasteiger partial charge in [0.2, 0.25) is 0 Å². The van der Waals surface area contributed by atoms with Crippen LogP contribution in [0.1, 0.15) is 5.56 Å². The maximum Gasteiger partial charge on any atom is 0.333 e. The maximum absolute atomic E-state index is 11.7. The highest BCUT2D eigenvalue weighted by molar-refractivity contribution is 8.00. The average Bonchev–Trinajstić information content (AvgIpc) is 2.87. The molecule has 0 saturated carbocycles. The number of carbonyl (C=O) groups is 2. The second-order valence-corrected chi connectivity index (χ2v) is 5.00. The van der Waals surface area contributed by atoms with Gasteiger partial charge in [0.05, 0.1) is 0 Å². The van der Waals surface area contributed by atoms with Crippen LogP contribution in [-0.2, 0) is 20.9 Å². The predicted molar refractivity (Wildman–Crippen MR) is 67.0 cm³/mol. The Morgan fingerprint density at radius 2 is 2.11 bits per heavy atom. The van der Waals surface area contributed by atoms with Crippen LogP contribution >= 0.6 is 11.8 Å². The molecule has 1 aliphatic rings. The first-order valence-corrected chi connectivity index (χ1v) is 6.52. The Labute approximate surface area is 109 Å². The molecular weight excluding hydrogens is 254 g/mol. The zero-order valence-electron chi connectivity index (χ0n) is 9.54. The summed E-state index contributed by atoms with van der Waals surface area (Å²) < 4.78 is 5.12. The van der Waals surface area contributed by atoms with Gasteiger partial charge in [-0.25, -0.2) is 4.79 Å². The minimum absolute atomic E-state index is 0.205. The lowest BCUT2D eigenvalue weighted by Gasteiger charge is -2.10. The van der Waals surface area contributed by atoms with E-state index in [0.717, 1.165) is 5.56 Å². The van der Waals surface area contributed by atoms with Gasteiger partial charge in [0, 0.05) is 5.75 Å². The van der Waals surface area contributed by atoms with Gasteiger partial charge in [0.1, 0.15) is 12.6 Å². The van der Waals surface area contributed by atoms with Crippen LogP contribution in [0, 0.1) is 0 Å². The molecule has 0 radical (unpaired) electrons. The van der Waals surface area contributed by atoms with Crippen molar-refractivity contribution in [2.45, 2.75) is 18.0 Å². The lowest BCUT2D eigenvalue weighted by Crippen LogP contribution is -2.40. The standard InChI is InChI=1S/C12H13NO4S/c14-11(15)9-7-18-10(13-9)12(16)17-6-8-4-2-1-3-5-8/h1-5,9-10,13H,6-7H2,(H,14,15)/t9-,10?/m0/s1. The highest BCUT2D eigenvalue weighted by Gasteiger charge is 2.34. The summed E-state index contributed by atoms with van der Waals surface area (Å²) in [4.78, 5) is 22.4. The Hall–Kier alpha value is -1.53. The third-order valence-corrected chi connectivity index (χ3v) is 3.71. The molecule has 18 heavy (non-hydrogen) atoms. The summed E-state index contributed by atoms with van der Waals surface area (Å²) in [6.07, 6.45) is 0. The number of hydrogen-bond acceptors (Lipinski definition) is 5. The van der Waals surface area contributed by atoms with E-state index in [1.807, 2.05) is 30.3 Å². The molecule has 2 atom stereocenters. The number of ether oxygens (including phenoxy) is 1. The van der Waals surface area contributed by atoms with Crippen LogP contribution in [0.25, 0.3) is 0 Å². The van der Waals surface area contributed by atoms with Gasteiger partial charge < -0.3 is 9.84 Å². The molecule has 1 aliphatic heterocycles. The van der Waals surface area contributed by atoms with Crippen molar-refractivity contribution in [2.75, 3.05) is 5.75 Å². The van der Waals surface area contributed by atoms with Gasteiger partial charge in [0.25, 0.3) is 0 Å². The summed E-state index contributed by atoms with van der Waals surface area (Å²) in [5, 5.41) is 10.9. The Bertz CT molecular complexity index is 437. The minimum atomic E-state index is -0.944. The number of esters is 1. The molecule has 96 valence electrons. The summed E-state index contributed by atoms with van der Waals surface area (Å²) >= 11 is 1.26.